The Morgan fingerprint density at radius 2 is 1.43 bits per heavy atom. The van der Waals surface area contributed by atoms with E-state index >= 15 is 0 Å². The summed E-state index contributed by atoms with van der Waals surface area (Å²) < 4.78 is 10.9. The van der Waals surface area contributed by atoms with E-state index in [-0.39, 0.29) is 46.7 Å². The number of Topliss-reactive ketones (excluding diaryl/α,β-unsaturated/α-hetero) is 1. The number of hydrogen-bond acceptors (Lipinski definition) is 8. The molecule has 3 fully saturated rings. The van der Waals surface area contributed by atoms with Gasteiger partial charge in [0.1, 0.15) is 11.5 Å². The minimum Gasteiger partial charge on any atom is -0.457 e. The number of carbonyl (C=O) groups is 4. The Bertz CT molecular complexity index is 1640. The third-order valence-electron chi connectivity index (χ3n) is 8.80. The van der Waals surface area contributed by atoms with Crippen molar-refractivity contribution in [3.63, 3.8) is 0 Å². The smallest absolute Gasteiger partial charge is 0.338 e. The zero-order chi connectivity index (χ0) is 29.1. The second-order valence-corrected chi connectivity index (χ2v) is 11.1. The first kappa shape index (κ1) is 25.8. The number of ether oxygens (including phenoxy) is 2. The van der Waals surface area contributed by atoms with Gasteiger partial charge in [0.05, 0.1) is 28.0 Å². The molecule has 0 N–H and O–H groups in total. The lowest BCUT2D eigenvalue weighted by molar-refractivity contribution is -0.384. The fourth-order valence-corrected chi connectivity index (χ4v) is 6.76. The average molecular weight is 565 g/mol. The maximum atomic E-state index is 13.4. The molecule has 1 saturated heterocycles. The number of allylic oxidation sites excluding steroid dienone is 2. The lowest BCUT2D eigenvalue weighted by atomic mass is 9.63. The Morgan fingerprint density at radius 1 is 0.833 bits per heavy atom. The second kappa shape index (κ2) is 9.76. The summed E-state index contributed by atoms with van der Waals surface area (Å²) >= 11 is 0. The number of rotatable bonds is 8. The molecular formula is C32H24N2O8. The number of carbonyl (C=O) groups excluding carboxylic acids is 4. The Morgan fingerprint density at radius 3 is 2.02 bits per heavy atom. The van der Waals surface area contributed by atoms with Crippen LogP contribution in [0.25, 0.3) is 0 Å². The fraction of sp³-hybridized carbons (Fsp3) is 0.250. The first-order chi connectivity index (χ1) is 20.3. The van der Waals surface area contributed by atoms with Crippen molar-refractivity contribution in [2.24, 2.45) is 35.5 Å². The van der Waals surface area contributed by atoms with Crippen LogP contribution in [0.15, 0.2) is 84.9 Å². The molecule has 210 valence electrons. The molecule has 0 spiro atoms. The van der Waals surface area contributed by atoms with E-state index in [9.17, 15) is 29.3 Å². The number of ketones is 1. The first-order valence-electron chi connectivity index (χ1n) is 13.7. The average Bonchev–Trinajstić information content (AvgIpc) is 3.79. The molecule has 3 aromatic carbocycles. The number of amides is 2. The van der Waals surface area contributed by atoms with Gasteiger partial charge >= 0.3 is 5.97 Å². The number of esters is 1. The highest BCUT2D eigenvalue weighted by Gasteiger charge is 2.67. The predicted molar refractivity (Wildman–Crippen MR) is 148 cm³/mol. The lowest BCUT2D eigenvalue weighted by Gasteiger charge is -2.37. The molecule has 8 rings (SSSR count). The normalized spacial score (nSPS) is 26.4. The van der Waals surface area contributed by atoms with Crippen molar-refractivity contribution in [3.8, 4) is 11.5 Å². The molecule has 5 aliphatic rings. The minimum absolute atomic E-state index is 0.0549. The molecule has 2 amide bonds. The summed E-state index contributed by atoms with van der Waals surface area (Å²) in [5.74, 6) is -0.264. The number of nitro benzene ring substituents is 1. The SMILES string of the molecule is O=C(COC(=O)c1cccc(N2C(=O)[C@@H]3[C@H]4C=C[C@@H]([C@@H]5C[C@@H]45)[C@H]3C2=O)c1)c1ccc(Oc2ccc([N+](=O)[O-])cc2)cc1. The minimum atomic E-state index is -0.747. The van der Waals surface area contributed by atoms with Crippen LogP contribution in [0.2, 0.25) is 0 Å². The number of imide groups is 1. The maximum Gasteiger partial charge on any atom is 0.338 e. The molecule has 6 atom stereocenters. The van der Waals surface area contributed by atoms with Crippen molar-refractivity contribution < 1.29 is 33.6 Å². The summed E-state index contributed by atoms with van der Waals surface area (Å²) in [7, 11) is 0. The van der Waals surface area contributed by atoms with Gasteiger partial charge in [-0.25, -0.2) is 9.69 Å². The highest BCUT2D eigenvalue weighted by atomic mass is 16.6. The van der Waals surface area contributed by atoms with E-state index in [0.29, 0.717) is 34.6 Å². The molecule has 0 unspecified atom stereocenters. The number of nitro groups is 1. The van der Waals surface area contributed by atoms with Crippen LogP contribution in [-0.4, -0.2) is 35.1 Å². The van der Waals surface area contributed by atoms with Gasteiger partial charge in [-0.3, -0.25) is 24.5 Å². The Hall–Kier alpha value is -5.12. The summed E-state index contributed by atoms with van der Waals surface area (Å²) in [6.45, 7) is -0.505. The van der Waals surface area contributed by atoms with Gasteiger partial charge in [-0.05, 0) is 84.7 Å². The van der Waals surface area contributed by atoms with E-state index in [1.807, 2.05) is 0 Å². The summed E-state index contributed by atoms with van der Waals surface area (Å²) in [5.41, 5.74) is 0.703. The van der Waals surface area contributed by atoms with Gasteiger partial charge in [-0.2, -0.15) is 0 Å². The molecule has 0 radical (unpaired) electrons. The van der Waals surface area contributed by atoms with Crippen molar-refractivity contribution in [2.75, 3.05) is 11.5 Å². The van der Waals surface area contributed by atoms with Gasteiger partial charge in [0, 0.05) is 17.7 Å². The van der Waals surface area contributed by atoms with Crippen LogP contribution in [0.5, 0.6) is 11.5 Å². The fourth-order valence-electron chi connectivity index (χ4n) is 6.76. The lowest BCUT2D eigenvalue weighted by Crippen LogP contribution is -2.40. The number of nitrogens with zero attached hydrogens (tertiary/aromatic N) is 2. The topological polar surface area (TPSA) is 133 Å². The van der Waals surface area contributed by atoms with Crippen LogP contribution in [0, 0.1) is 45.6 Å². The monoisotopic (exact) mass is 564 g/mol. The van der Waals surface area contributed by atoms with E-state index in [0.717, 1.165) is 6.42 Å². The van der Waals surface area contributed by atoms with E-state index in [4.69, 9.17) is 9.47 Å². The molecular weight excluding hydrogens is 540 g/mol. The quantitative estimate of drug-likeness (QED) is 0.0934. The first-order valence-corrected chi connectivity index (χ1v) is 13.7. The highest BCUT2D eigenvalue weighted by molar-refractivity contribution is 6.23. The summed E-state index contributed by atoms with van der Waals surface area (Å²) in [5, 5.41) is 10.8. The molecule has 1 heterocycles. The van der Waals surface area contributed by atoms with Gasteiger partial charge in [-0.15, -0.1) is 0 Å². The van der Waals surface area contributed by atoms with Crippen LogP contribution in [0.3, 0.4) is 0 Å². The Balaban J connectivity index is 0.978. The van der Waals surface area contributed by atoms with Gasteiger partial charge in [0.2, 0.25) is 11.8 Å². The Labute approximate surface area is 239 Å². The predicted octanol–water partition coefficient (Wildman–Crippen LogP) is 4.98. The molecule has 1 aliphatic heterocycles. The van der Waals surface area contributed by atoms with Gasteiger partial charge in [0.25, 0.3) is 5.69 Å². The van der Waals surface area contributed by atoms with E-state index in [1.54, 1.807) is 24.3 Å². The summed E-state index contributed by atoms with van der Waals surface area (Å²) in [6, 6.07) is 17.9. The largest absolute Gasteiger partial charge is 0.457 e. The number of non-ortho nitro benzene ring substituents is 1. The van der Waals surface area contributed by atoms with Crippen molar-refractivity contribution >= 4 is 34.9 Å². The van der Waals surface area contributed by atoms with Crippen molar-refractivity contribution in [1.82, 2.24) is 0 Å². The number of hydrogen-bond donors (Lipinski definition) is 0. The van der Waals surface area contributed by atoms with E-state index in [1.165, 1.54) is 53.4 Å². The zero-order valence-corrected chi connectivity index (χ0v) is 22.1. The van der Waals surface area contributed by atoms with Crippen LogP contribution >= 0.6 is 0 Å². The van der Waals surface area contributed by atoms with Gasteiger partial charge in [-0.1, -0.05) is 18.2 Å². The summed E-state index contributed by atoms with van der Waals surface area (Å²) in [6.07, 6.45) is 5.30. The van der Waals surface area contributed by atoms with Crippen LogP contribution in [-0.2, 0) is 14.3 Å². The van der Waals surface area contributed by atoms with E-state index < -0.39 is 23.3 Å². The van der Waals surface area contributed by atoms with Gasteiger partial charge < -0.3 is 9.47 Å². The van der Waals surface area contributed by atoms with Crippen molar-refractivity contribution in [3.05, 3.63) is 106 Å². The summed E-state index contributed by atoms with van der Waals surface area (Å²) in [4.78, 5) is 63.8. The molecule has 10 nitrogen and oxygen atoms in total. The molecule has 2 bridgehead atoms. The number of benzene rings is 3. The second-order valence-electron chi connectivity index (χ2n) is 11.1. The van der Waals surface area contributed by atoms with Crippen LogP contribution in [0.4, 0.5) is 11.4 Å². The molecule has 10 heteroatoms. The van der Waals surface area contributed by atoms with E-state index in [2.05, 4.69) is 12.2 Å². The molecule has 2 saturated carbocycles. The standard InChI is InChI=1S/C32H24N2O8/c35-27(17-4-8-21(9-5-17)42-22-10-6-19(7-11-22)34(39)40)16-41-32(38)18-2-1-3-20(14-18)33-30(36)28-23-12-13-24(26-15-25(23)26)29(28)31(33)37/h1-14,23-26,28-29H,15-16H2/t23-,24-,25-,26-,28+,29+/m0/s1. The van der Waals surface area contributed by atoms with Crippen LogP contribution < -0.4 is 9.64 Å². The zero-order valence-electron chi connectivity index (χ0n) is 22.1. The Kier molecular flexibility index (Phi) is 6.00. The van der Waals surface area contributed by atoms with Crippen molar-refractivity contribution in [1.29, 1.82) is 0 Å². The third-order valence-corrected chi connectivity index (χ3v) is 8.80. The molecule has 42 heavy (non-hydrogen) atoms. The number of anilines is 1. The van der Waals surface area contributed by atoms with Gasteiger partial charge in [0.15, 0.2) is 12.4 Å². The highest BCUT2D eigenvalue weighted by Crippen LogP contribution is 2.65. The molecule has 4 aliphatic carbocycles. The third kappa shape index (κ3) is 4.27. The van der Waals surface area contributed by atoms with Crippen LogP contribution in [0.1, 0.15) is 27.1 Å². The van der Waals surface area contributed by atoms with Crippen molar-refractivity contribution in [2.45, 2.75) is 6.42 Å². The maximum absolute atomic E-state index is 13.4. The molecule has 3 aromatic rings. The molecule has 0 aromatic heterocycles.